The van der Waals surface area contributed by atoms with Crippen LogP contribution in [0.1, 0.15) is 89.4 Å². The van der Waals surface area contributed by atoms with E-state index >= 15 is 0 Å². The average molecular weight is 500 g/mol. The molecule has 0 unspecified atom stereocenters. The van der Waals surface area contributed by atoms with Gasteiger partial charge in [0.05, 0.1) is 0 Å². The second-order valence-corrected chi connectivity index (χ2v) is 10.5. The Labute approximate surface area is 216 Å². The standard InChI is InChI=1S/C29H42ClN3O2/c1-5-6-7-8-9-10-11-12-20-31-27(34)22-33(29(2,3)4)28(35)23-14-13-15-26(21-23)32-25-18-16-24(30)17-19-25/h13-19,21,32H,5-12,20,22H2,1-4H3,(H,31,34). The molecular formula is C29H42ClN3O2. The minimum Gasteiger partial charge on any atom is -0.356 e. The lowest BCUT2D eigenvalue weighted by Crippen LogP contribution is -2.50. The number of nitrogens with zero attached hydrogens (tertiary/aromatic N) is 1. The van der Waals surface area contributed by atoms with Gasteiger partial charge >= 0.3 is 0 Å². The van der Waals surface area contributed by atoms with Crippen LogP contribution in [-0.2, 0) is 4.79 Å². The fourth-order valence-corrected chi connectivity index (χ4v) is 4.01. The van der Waals surface area contributed by atoms with E-state index < -0.39 is 5.54 Å². The predicted octanol–water partition coefficient (Wildman–Crippen LogP) is 7.58. The summed E-state index contributed by atoms with van der Waals surface area (Å²) in [5, 5.41) is 6.96. The molecule has 0 heterocycles. The maximum Gasteiger partial charge on any atom is 0.254 e. The quantitative estimate of drug-likeness (QED) is 0.263. The van der Waals surface area contributed by atoms with Gasteiger partial charge in [-0.2, -0.15) is 0 Å². The van der Waals surface area contributed by atoms with Crippen LogP contribution in [0.25, 0.3) is 0 Å². The van der Waals surface area contributed by atoms with Gasteiger partial charge in [-0.1, -0.05) is 69.5 Å². The monoisotopic (exact) mass is 499 g/mol. The zero-order chi connectivity index (χ0) is 25.7. The van der Waals surface area contributed by atoms with Crippen LogP contribution in [0.15, 0.2) is 48.5 Å². The zero-order valence-corrected chi connectivity index (χ0v) is 22.6. The lowest BCUT2D eigenvalue weighted by Gasteiger charge is -2.35. The van der Waals surface area contributed by atoms with Gasteiger partial charge in [0.2, 0.25) is 5.91 Å². The first kappa shape index (κ1) is 28.7. The van der Waals surface area contributed by atoms with Crippen LogP contribution in [0, 0.1) is 0 Å². The third kappa shape index (κ3) is 10.7. The van der Waals surface area contributed by atoms with Gasteiger partial charge in [-0.05, 0) is 69.7 Å². The normalized spacial score (nSPS) is 11.2. The first-order chi connectivity index (χ1) is 16.7. The second kappa shape index (κ2) is 14.8. The van der Waals surface area contributed by atoms with Crippen LogP contribution < -0.4 is 10.6 Å². The molecule has 6 heteroatoms. The van der Waals surface area contributed by atoms with E-state index in [1.54, 1.807) is 11.0 Å². The van der Waals surface area contributed by atoms with Crippen LogP contribution in [-0.4, -0.2) is 35.3 Å². The number of carbonyl (C=O) groups is 2. The van der Waals surface area contributed by atoms with Crippen molar-refractivity contribution in [2.24, 2.45) is 0 Å². The fourth-order valence-electron chi connectivity index (χ4n) is 3.89. The molecule has 0 aliphatic rings. The Bertz CT molecular complexity index is 922. The number of halogens is 1. The molecule has 0 spiro atoms. The molecule has 192 valence electrons. The predicted molar refractivity (Wildman–Crippen MR) is 148 cm³/mol. The Morgan fingerprint density at radius 2 is 1.49 bits per heavy atom. The van der Waals surface area contributed by atoms with Crippen molar-refractivity contribution in [1.82, 2.24) is 10.2 Å². The second-order valence-electron chi connectivity index (χ2n) is 10.1. The number of benzene rings is 2. The van der Waals surface area contributed by atoms with Crippen molar-refractivity contribution in [2.75, 3.05) is 18.4 Å². The molecule has 0 aliphatic carbocycles. The van der Waals surface area contributed by atoms with E-state index in [0.717, 1.165) is 24.2 Å². The Balaban J connectivity index is 1.89. The van der Waals surface area contributed by atoms with Crippen LogP contribution in [0.4, 0.5) is 11.4 Å². The summed E-state index contributed by atoms with van der Waals surface area (Å²) in [6.07, 6.45) is 9.80. The molecule has 2 aromatic rings. The number of anilines is 2. The summed E-state index contributed by atoms with van der Waals surface area (Å²) >= 11 is 5.97. The molecule has 2 N–H and O–H groups in total. The Morgan fingerprint density at radius 1 is 0.857 bits per heavy atom. The van der Waals surface area contributed by atoms with Crippen molar-refractivity contribution >= 4 is 34.8 Å². The van der Waals surface area contributed by atoms with Gasteiger partial charge in [0.25, 0.3) is 5.91 Å². The first-order valence-corrected chi connectivity index (χ1v) is 13.3. The van der Waals surface area contributed by atoms with Crippen molar-refractivity contribution in [1.29, 1.82) is 0 Å². The fraction of sp³-hybridized carbons (Fsp3) is 0.517. The maximum atomic E-state index is 13.4. The molecule has 0 aromatic heterocycles. The third-order valence-corrected chi connectivity index (χ3v) is 6.20. The van der Waals surface area contributed by atoms with Crippen LogP contribution in [0.3, 0.4) is 0 Å². The van der Waals surface area contributed by atoms with Crippen molar-refractivity contribution < 1.29 is 9.59 Å². The largest absolute Gasteiger partial charge is 0.356 e. The lowest BCUT2D eigenvalue weighted by molar-refractivity contribution is -0.122. The molecule has 0 aliphatic heterocycles. The minimum absolute atomic E-state index is 0.0359. The van der Waals surface area contributed by atoms with E-state index in [-0.39, 0.29) is 18.4 Å². The highest BCUT2D eigenvalue weighted by molar-refractivity contribution is 6.30. The van der Waals surface area contributed by atoms with E-state index in [0.29, 0.717) is 17.1 Å². The summed E-state index contributed by atoms with van der Waals surface area (Å²) < 4.78 is 0. The van der Waals surface area contributed by atoms with Crippen molar-refractivity contribution in [3.05, 3.63) is 59.1 Å². The van der Waals surface area contributed by atoms with Crippen LogP contribution in [0.5, 0.6) is 0 Å². The summed E-state index contributed by atoms with van der Waals surface area (Å²) in [5.41, 5.74) is 1.72. The lowest BCUT2D eigenvalue weighted by atomic mass is 10.0. The molecule has 5 nitrogen and oxygen atoms in total. The molecule has 2 amide bonds. The summed E-state index contributed by atoms with van der Waals surface area (Å²) in [7, 11) is 0. The first-order valence-electron chi connectivity index (χ1n) is 12.9. The highest BCUT2D eigenvalue weighted by atomic mass is 35.5. The average Bonchev–Trinajstić information content (AvgIpc) is 2.82. The summed E-state index contributed by atoms with van der Waals surface area (Å²) in [5.74, 6) is -0.286. The smallest absolute Gasteiger partial charge is 0.254 e. The molecule has 35 heavy (non-hydrogen) atoms. The van der Waals surface area contributed by atoms with Crippen LogP contribution >= 0.6 is 11.6 Å². The Morgan fingerprint density at radius 3 is 2.11 bits per heavy atom. The highest BCUT2D eigenvalue weighted by Crippen LogP contribution is 2.22. The van der Waals surface area contributed by atoms with Crippen LogP contribution in [0.2, 0.25) is 5.02 Å². The number of hydrogen-bond acceptors (Lipinski definition) is 3. The molecular weight excluding hydrogens is 458 g/mol. The topological polar surface area (TPSA) is 61.4 Å². The number of amides is 2. The SMILES string of the molecule is CCCCCCCCCCNC(=O)CN(C(=O)c1cccc(Nc2ccc(Cl)cc2)c1)C(C)(C)C. The Hall–Kier alpha value is -2.53. The zero-order valence-electron chi connectivity index (χ0n) is 21.8. The molecule has 2 rings (SSSR count). The summed E-state index contributed by atoms with van der Waals surface area (Å²) in [6, 6.07) is 14.7. The van der Waals surface area contributed by atoms with Crippen molar-refractivity contribution in [2.45, 2.75) is 84.6 Å². The molecule has 0 radical (unpaired) electrons. The summed E-state index contributed by atoms with van der Waals surface area (Å²) in [6.45, 7) is 8.77. The van der Waals surface area contributed by atoms with Gasteiger partial charge in [0.15, 0.2) is 0 Å². The van der Waals surface area contributed by atoms with E-state index in [1.165, 1.54) is 38.5 Å². The van der Waals surface area contributed by atoms with Gasteiger partial charge in [-0.3, -0.25) is 9.59 Å². The van der Waals surface area contributed by atoms with E-state index in [2.05, 4.69) is 17.6 Å². The number of unbranched alkanes of at least 4 members (excludes halogenated alkanes) is 7. The Kier molecular flexibility index (Phi) is 12.1. The molecule has 0 fully saturated rings. The molecule has 0 atom stereocenters. The number of carbonyl (C=O) groups excluding carboxylic acids is 2. The summed E-state index contributed by atoms with van der Waals surface area (Å²) in [4.78, 5) is 27.7. The number of rotatable bonds is 14. The molecule has 0 bridgehead atoms. The molecule has 0 saturated carbocycles. The van der Waals surface area contributed by atoms with Crippen molar-refractivity contribution in [3.63, 3.8) is 0 Å². The van der Waals surface area contributed by atoms with Crippen molar-refractivity contribution in [3.8, 4) is 0 Å². The maximum absolute atomic E-state index is 13.4. The van der Waals surface area contributed by atoms with Gasteiger partial charge in [-0.15, -0.1) is 0 Å². The van der Waals surface area contributed by atoms with Gasteiger partial charge in [-0.25, -0.2) is 0 Å². The highest BCUT2D eigenvalue weighted by Gasteiger charge is 2.29. The minimum atomic E-state index is -0.494. The van der Waals surface area contributed by atoms with Gasteiger partial charge < -0.3 is 15.5 Å². The molecule has 0 saturated heterocycles. The number of hydrogen-bond donors (Lipinski definition) is 2. The van der Waals surface area contributed by atoms with E-state index in [4.69, 9.17) is 11.6 Å². The van der Waals surface area contributed by atoms with Gasteiger partial charge in [0.1, 0.15) is 6.54 Å². The van der Waals surface area contributed by atoms with Gasteiger partial charge in [0, 0.05) is 34.0 Å². The molecule has 2 aromatic carbocycles. The van der Waals surface area contributed by atoms with E-state index in [9.17, 15) is 9.59 Å². The third-order valence-electron chi connectivity index (χ3n) is 5.95. The van der Waals surface area contributed by atoms with E-state index in [1.807, 2.05) is 63.2 Å². The number of nitrogens with one attached hydrogen (secondary N) is 2.